The second kappa shape index (κ2) is 16.0. The van der Waals surface area contributed by atoms with E-state index in [1.54, 1.807) is 12.1 Å². The zero-order chi connectivity index (χ0) is 38.5. The van der Waals surface area contributed by atoms with Gasteiger partial charge in [0.05, 0.1) is 23.9 Å². The van der Waals surface area contributed by atoms with Gasteiger partial charge in [-0.2, -0.15) is 5.10 Å². The highest BCUT2D eigenvalue weighted by molar-refractivity contribution is 6.99. The van der Waals surface area contributed by atoms with E-state index in [9.17, 15) is 9.59 Å². The maximum absolute atomic E-state index is 13.4. The van der Waals surface area contributed by atoms with E-state index in [1.165, 1.54) is 17.5 Å². The number of ether oxygens (including phenoxy) is 3. The predicted octanol–water partition coefficient (Wildman–Crippen LogP) is 7.88. The van der Waals surface area contributed by atoms with Crippen molar-refractivity contribution in [2.45, 2.75) is 83.6 Å². The fraction of sp³-hybridized carbons (Fsp3) is 0.341. The number of rotatable bonds is 14. The van der Waals surface area contributed by atoms with Gasteiger partial charge in [0.1, 0.15) is 29.7 Å². The summed E-state index contributed by atoms with van der Waals surface area (Å²) in [5.41, 5.74) is 1.65. The van der Waals surface area contributed by atoms with Gasteiger partial charge in [0.2, 0.25) is 0 Å². The Bertz CT molecular complexity index is 1990. The van der Waals surface area contributed by atoms with Crippen LogP contribution in [0.4, 0.5) is 5.82 Å². The number of carbonyl (C=O) groups is 2. The summed E-state index contributed by atoms with van der Waals surface area (Å²) in [6.45, 7) is 13.0. The second-order valence-electron chi connectivity index (χ2n) is 15.9. The molecule has 1 fully saturated rings. The van der Waals surface area contributed by atoms with E-state index >= 15 is 0 Å². The Balaban J connectivity index is 1.16. The maximum Gasteiger partial charge on any atom is 0.263 e. The summed E-state index contributed by atoms with van der Waals surface area (Å²) in [6.07, 6.45) is 2.41. The minimum atomic E-state index is -2.68. The molecule has 1 aliphatic rings. The molecule has 1 amide bonds. The largest absolute Gasteiger partial charge is 0.496 e. The zero-order valence-electron chi connectivity index (χ0n) is 32.3. The lowest BCUT2D eigenvalue weighted by Gasteiger charge is -2.48. The van der Waals surface area contributed by atoms with Gasteiger partial charge >= 0.3 is 0 Å². The molecular weight excluding hydrogens is 695 g/mol. The third-order valence-corrected chi connectivity index (χ3v) is 15.0. The van der Waals surface area contributed by atoms with Crippen LogP contribution >= 0.6 is 0 Å². The fourth-order valence-electron chi connectivity index (χ4n) is 7.15. The van der Waals surface area contributed by atoms with Crippen LogP contribution in [0.5, 0.6) is 17.2 Å². The van der Waals surface area contributed by atoms with Crippen molar-refractivity contribution in [3.63, 3.8) is 0 Å². The number of nitrogens with zero attached hydrogens (tertiary/aromatic N) is 2. The molecule has 0 radical (unpaired) electrons. The molecule has 0 aliphatic heterocycles. The lowest BCUT2D eigenvalue weighted by Crippen LogP contribution is -2.68. The number of aldehydes is 1. The molecule has 6 rings (SSSR count). The molecule has 282 valence electrons. The number of anilines is 1. The number of amides is 1. The predicted molar refractivity (Wildman–Crippen MR) is 215 cm³/mol. The van der Waals surface area contributed by atoms with E-state index in [0.717, 1.165) is 24.1 Å². The van der Waals surface area contributed by atoms with Crippen LogP contribution in [0, 0.1) is 0 Å². The van der Waals surface area contributed by atoms with Gasteiger partial charge in [-0.1, -0.05) is 112 Å². The Hall–Kier alpha value is -5.19. The number of aromatic nitrogens is 2. The summed E-state index contributed by atoms with van der Waals surface area (Å²) in [5.74, 6) is 1.30. The minimum absolute atomic E-state index is 0.0731. The molecule has 1 saturated carbocycles. The molecule has 1 aromatic heterocycles. The summed E-state index contributed by atoms with van der Waals surface area (Å²) in [4.78, 5) is 25.6. The van der Waals surface area contributed by atoms with Gasteiger partial charge in [0.15, 0.2) is 12.9 Å². The minimum Gasteiger partial charge on any atom is -0.496 e. The van der Waals surface area contributed by atoms with Crippen molar-refractivity contribution < 1.29 is 28.2 Å². The lowest BCUT2D eigenvalue weighted by molar-refractivity contribution is -0.118. The first kappa shape index (κ1) is 38.5. The van der Waals surface area contributed by atoms with Crippen molar-refractivity contribution in [3.8, 4) is 17.2 Å². The Morgan fingerprint density at radius 2 is 1.39 bits per heavy atom. The Morgan fingerprint density at radius 1 is 0.833 bits per heavy atom. The van der Waals surface area contributed by atoms with Gasteiger partial charge in [-0.15, -0.1) is 0 Å². The molecule has 9 nitrogen and oxygen atoms in total. The number of hydrogen-bond donors (Lipinski definition) is 1. The first-order valence-electron chi connectivity index (χ1n) is 18.5. The SMILES string of the molecule is COc1cc(OCC(=O)Nc2cc(C3CC(O[Si](c4ccccc4)(c4ccccc4)C(C)(C)C)C3)nn2C(C)(C)C)c(C=O)c(OCc2ccccc2)c1. The van der Waals surface area contributed by atoms with Crippen molar-refractivity contribution in [3.05, 3.63) is 126 Å². The topological polar surface area (TPSA) is 101 Å². The van der Waals surface area contributed by atoms with Crippen molar-refractivity contribution >= 4 is 36.7 Å². The van der Waals surface area contributed by atoms with E-state index in [1.807, 2.05) is 41.1 Å². The number of carbonyl (C=O) groups excluding carboxylic acids is 2. The Morgan fingerprint density at radius 3 is 1.91 bits per heavy atom. The monoisotopic (exact) mass is 745 g/mol. The molecule has 0 unspecified atom stereocenters. The Kier molecular flexibility index (Phi) is 11.4. The molecule has 0 atom stereocenters. The zero-order valence-corrected chi connectivity index (χ0v) is 33.3. The van der Waals surface area contributed by atoms with Gasteiger partial charge in [-0.05, 0) is 54.6 Å². The fourth-order valence-corrected chi connectivity index (χ4v) is 11.9. The molecular formula is C44H51N3O6Si. The molecule has 1 N–H and O–H groups in total. The molecule has 5 aromatic rings. The third kappa shape index (κ3) is 8.30. The number of methoxy groups -OCH3 is 1. The van der Waals surface area contributed by atoms with Crippen LogP contribution in [0.25, 0.3) is 0 Å². The van der Waals surface area contributed by atoms with Crippen LogP contribution < -0.4 is 29.9 Å². The normalized spacial score (nSPS) is 15.9. The van der Waals surface area contributed by atoms with E-state index in [2.05, 4.69) is 108 Å². The summed E-state index contributed by atoms with van der Waals surface area (Å²) in [6, 6.07) is 36.2. The van der Waals surface area contributed by atoms with Gasteiger partial charge in [-0.25, -0.2) is 4.68 Å². The standard InChI is InChI=1S/C44H51N3O6Si/c1-43(2,3)47-41(45-42(49)30-52-40-26-33(50-7)25-39(37(40)28-48)51-29-31-17-11-8-12-18-31)27-38(46-47)32-23-34(24-32)53-54(44(4,5)6,35-19-13-9-14-20-35)36-21-15-10-16-22-36/h8-22,25-28,32,34H,23-24,29-30H2,1-7H3,(H,45,49). The van der Waals surface area contributed by atoms with Gasteiger partial charge in [0, 0.05) is 30.2 Å². The molecule has 10 heteroatoms. The number of hydrogen-bond acceptors (Lipinski definition) is 7. The smallest absolute Gasteiger partial charge is 0.263 e. The van der Waals surface area contributed by atoms with E-state index in [-0.39, 0.29) is 47.5 Å². The summed E-state index contributed by atoms with van der Waals surface area (Å²) >= 11 is 0. The van der Waals surface area contributed by atoms with Crippen LogP contribution in [0.15, 0.2) is 109 Å². The molecule has 54 heavy (non-hydrogen) atoms. The van der Waals surface area contributed by atoms with E-state index in [0.29, 0.717) is 23.6 Å². The van der Waals surface area contributed by atoms with Crippen LogP contribution in [0.1, 0.15) is 81.9 Å². The molecule has 0 bridgehead atoms. The highest BCUT2D eigenvalue weighted by atomic mass is 28.4. The third-order valence-electron chi connectivity index (χ3n) is 9.93. The molecule has 4 aromatic carbocycles. The van der Waals surface area contributed by atoms with E-state index < -0.39 is 13.9 Å². The summed E-state index contributed by atoms with van der Waals surface area (Å²) in [5, 5.41) is 10.4. The molecule has 1 heterocycles. The van der Waals surface area contributed by atoms with Crippen LogP contribution in [-0.4, -0.2) is 50.1 Å². The van der Waals surface area contributed by atoms with Gasteiger partial charge in [0.25, 0.3) is 14.2 Å². The molecule has 0 saturated heterocycles. The lowest BCUT2D eigenvalue weighted by atomic mass is 9.80. The van der Waals surface area contributed by atoms with Crippen LogP contribution in [0.3, 0.4) is 0 Å². The van der Waals surface area contributed by atoms with Gasteiger partial charge in [-0.3, -0.25) is 9.59 Å². The molecule has 1 aliphatic carbocycles. The first-order valence-corrected chi connectivity index (χ1v) is 20.4. The summed E-state index contributed by atoms with van der Waals surface area (Å²) < 4.78 is 26.6. The summed E-state index contributed by atoms with van der Waals surface area (Å²) in [7, 11) is -1.16. The molecule has 0 spiro atoms. The first-order chi connectivity index (χ1) is 25.8. The van der Waals surface area contributed by atoms with Crippen LogP contribution in [0.2, 0.25) is 5.04 Å². The highest BCUT2D eigenvalue weighted by Crippen LogP contribution is 2.45. The quantitative estimate of drug-likeness (QED) is 0.0912. The van der Waals surface area contributed by atoms with E-state index in [4.69, 9.17) is 23.7 Å². The Labute approximate surface area is 319 Å². The average molecular weight is 746 g/mol. The van der Waals surface area contributed by atoms with Crippen molar-refractivity contribution in [1.82, 2.24) is 9.78 Å². The van der Waals surface area contributed by atoms with Gasteiger partial charge < -0.3 is 24.0 Å². The highest BCUT2D eigenvalue weighted by Gasteiger charge is 2.53. The maximum atomic E-state index is 13.4. The van der Waals surface area contributed by atoms with Crippen molar-refractivity contribution in [1.29, 1.82) is 0 Å². The van der Waals surface area contributed by atoms with Crippen molar-refractivity contribution in [2.75, 3.05) is 19.0 Å². The average Bonchev–Trinajstić information content (AvgIpc) is 3.56. The number of nitrogens with one attached hydrogen (secondary N) is 1. The van der Waals surface area contributed by atoms with Crippen molar-refractivity contribution in [2.24, 2.45) is 0 Å². The number of benzene rings is 4. The van der Waals surface area contributed by atoms with Crippen LogP contribution in [-0.2, 0) is 21.4 Å². The second-order valence-corrected chi connectivity index (χ2v) is 20.1.